The number of halogens is 3. The Morgan fingerprint density at radius 3 is 2.64 bits per heavy atom. The molecule has 1 aromatic heterocycles. The second kappa shape index (κ2) is 3.76. The Balaban J connectivity index is 2.63. The molecule has 0 bridgehead atoms. The molecule has 1 aromatic rings. The fourth-order valence-electron chi connectivity index (χ4n) is 0.502. The highest BCUT2D eigenvalue weighted by Crippen LogP contribution is 2.27. The van der Waals surface area contributed by atoms with Crippen LogP contribution < -0.4 is 0 Å². The van der Waals surface area contributed by atoms with E-state index in [1.807, 2.05) is 17.5 Å². The van der Waals surface area contributed by atoms with Crippen molar-refractivity contribution in [2.75, 3.05) is 0 Å². The average Bonchev–Trinajstić information content (AvgIpc) is 2.32. The van der Waals surface area contributed by atoms with Crippen LogP contribution in [0.1, 0.15) is 4.88 Å². The monoisotopic (exact) mass is 227 g/mol. The molecule has 0 saturated heterocycles. The van der Waals surface area contributed by atoms with Gasteiger partial charge >= 0.3 is 0 Å². The third kappa shape index (κ3) is 3.97. The minimum atomic E-state index is -1.54. The zero-order valence-electron chi connectivity index (χ0n) is 5.30. The van der Waals surface area contributed by atoms with Gasteiger partial charge in [-0.05, 0) is 11.4 Å². The summed E-state index contributed by atoms with van der Waals surface area (Å²) in [6, 6.07) is 3.80. The van der Waals surface area contributed by atoms with Crippen LogP contribution in [0.2, 0.25) is 0 Å². The van der Waals surface area contributed by atoms with Gasteiger partial charge < -0.3 is 0 Å². The molecular formula is C6H4Cl3NS. The van der Waals surface area contributed by atoms with Crippen molar-refractivity contribution < 1.29 is 0 Å². The van der Waals surface area contributed by atoms with Crippen molar-refractivity contribution in [2.45, 2.75) is 3.92 Å². The number of hydrogen-bond acceptors (Lipinski definition) is 2. The maximum atomic E-state index is 5.39. The number of rotatable bonds is 1. The van der Waals surface area contributed by atoms with E-state index in [2.05, 4.69) is 4.99 Å². The van der Waals surface area contributed by atoms with Crippen LogP contribution >= 0.6 is 46.1 Å². The van der Waals surface area contributed by atoms with Crippen LogP contribution in [0.5, 0.6) is 0 Å². The fourth-order valence-corrected chi connectivity index (χ4v) is 1.23. The summed E-state index contributed by atoms with van der Waals surface area (Å²) >= 11 is 17.7. The first kappa shape index (κ1) is 9.33. The Morgan fingerprint density at radius 1 is 1.45 bits per heavy atom. The van der Waals surface area contributed by atoms with Crippen LogP contribution in [0, 0.1) is 0 Å². The minimum absolute atomic E-state index is 0.969. The molecule has 0 aliphatic carbocycles. The summed E-state index contributed by atoms with van der Waals surface area (Å²) in [5, 5.41) is 1.93. The van der Waals surface area contributed by atoms with Crippen LogP contribution in [0.3, 0.4) is 0 Å². The first-order valence-corrected chi connectivity index (χ1v) is 4.75. The molecule has 0 fully saturated rings. The van der Waals surface area contributed by atoms with Gasteiger partial charge in [-0.15, -0.1) is 11.3 Å². The first-order chi connectivity index (χ1) is 5.08. The van der Waals surface area contributed by atoms with E-state index in [9.17, 15) is 0 Å². The van der Waals surface area contributed by atoms with Gasteiger partial charge in [0.1, 0.15) is 0 Å². The second-order valence-corrected chi connectivity index (χ2v) is 4.94. The summed E-state index contributed by atoms with van der Waals surface area (Å²) in [4.78, 5) is 4.65. The summed E-state index contributed by atoms with van der Waals surface area (Å²) in [6.07, 6.45) is 1.54. The van der Waals surface area contributed by atoms with Crippen molar-refractivity contribution in [3.05, 3.63) is 22.4 Å². The summed E-state index contributed by atoms with van der Waals surface area (Å²) in [5.41, 5.74) is 0. The van der Waals surface area contributed by atoms with Gasteiger partial charge in [0.2, 0.25) is 0 Å². The van der Waals surface area contributed by atoms with Gasteiger partial charge in [0, 0.05) is 11.1 Å². The lowest BCUT2D eigenvalue weighted by Gasteiger charge is -2.00. The number of hydrogen-bond donors (Lipinski definition) is 0. The molecule has 60 valence electrons. The molecule has 0 amide bonds. The lowest BCUT2D eigenvalue weighted by atomic mass is 10.5. The summed E-state index contributed by atoms with van der Waals surface area (Å²) < 4.78 is -1.54. The van der Waals surface area contributed by atoms with Gasteiger partial charge in [0.15, 0.2) is 0 Å². The molecule has 0 atom stereocenters. The van der Waals surface area contributed by atoms with Crippen LogP contribution in [0.15, 0.2) is 22.5 Å². The molecular weight excluding hydrogens is 224 g/mol. The molecule has 11 heavy (non-hydrogen) atoms. The zero-order chi connectivity index (χ0) is 8.32. The van der Waals surface area contributed by atoms with Gasteiger partial charge in [0.05, 0.1) is 0 Å². The third-order valence-electron chi connectivity index (χ3n) is 0.881. The molecule has 0 spiro atoms. The van der Waals surface area contributed by atoms with Crippen LogP contribution in [0.4, 0.5) is 0 Å². The Kier molecular flexibility index (Phi) is 3.19. The van der Waals surface area contributed by atoms with E-state index in [0.717, 1.165) is 4.88 Å². The standard InChI is InChI=1S/C6H4Cl3NS/c7-6(8,9)10-4-5-2-1-3-11-5/h1-4H. The van der Waals surface area contributed by atoms with Crippen molar-refractivity contribution in [1.29, 1.82) is 0 Å². The lowest BCUT2D eigenvalue weighted by Crippen LogP contribution is -1.95. The Morgan fingerprint density at radius 2 is 2.18 bits per heavy atom. The van der Waals surface area contributed by atoms with Gasteiger partial charge in [-0.25, -0.2) is 4.99 Å². The molecule has 1 rings (SSSR count). The van der Waals surface area contributed by atoms with E-state index < -0.39 is 3.92 Å². The van der Waals surface area contributed by atoms with Gasteiger partial charge in [0.25, 0.3) is 3.92 Å². The highest BCUT2D eigenvalue weighted by atomic mass is 35.6. The number of thiophene rings is 1. The molecule has 0 unspecified atom stereocenters. The average molecular weight is 229 g/mol. The van der Waals surface area contributed by atoms with E-state index >= 15 is 0 Å². The molecule has 5 heteroatoms. The van der Waals surface area contributed by atoms with Crippen LogP contribution in [0.25, 0.3) is 0 Å². The Labute approximate surface area is 83.6 Å². The molecule has 0 radical (unpaired) electrons. The first-order valence-electron chi connectivity index (χ1n) is 2.73. The highest BCUT2D eigenvalue weighted by Gasteiger charge is 2.15. The molecule has 1 nitrogen and oxygen atoms in total. The van der Waals surface area contributed by atoms with E-state index in [0.29, 0.717) is 0 Å². The smallest absolute Gasteiger partial charge is 0.239 e. The highest BCUT2D eigenvalue weighted by molar-refractivity contribution is 7.11. The van der Waals surface area contributed by atoms with Crippen molar-refractivity contribution >= 4 is 52.4 Å². The molecule has 0 saturated carbocycles. The number of aliphatic imine (C=N–C) groups is 1. The van der Waals surface area contributed by atoms with Gasteiger partial charge in [-0.1, -0.05) is 40.9 Å². The van der Waals surface area contributed by atoms with Crippen molar-refractivity contribution in [3.8, 4) is 0 Å². The van der Waals surface area contributed by atoms with Crippen molar-refractivity contribution in [1.82, 2.24) is 0 Å². The molecule has 1 heterocycles. The third-order valence-corrected chi connectivity index (χ3v) is 1.98. The lowest BCUT2D eigenvalue weighted by molar-refractivity contribution is 1.18. The van der Waals surface area contributed by atoms with Gasteiger partial charge in [-0.2, -0.15) is 0 Å². The molecule has 0 aliphatic heterocycles. The Hall–Kier alpha value is 0.240. The SMILES string of the molecule is ClC(Cl)(Cl)N=Cc1cccs1. The van der Waals surface area contributed by atoms with E-state index in [-0.39, 0.29) is 0 Å². The predicted molar refractivity (Wildman–Crippen MR) is 52.2 cm³/mol. The molecule has 0 aromatic carbocycles. The summed E-state index contributed by atoms with van der Waals surface area (Å²) in [5.74, 6) is 0. The van der Waals surface area contributed by atoms with E-state index in [1.54, 1.807) is 0 Å². The summed E-state index contributed by atoms with van der Waals surface area (Å²) in [7, 11) is 0. The second-order valence-electron chi connectivity index (χ2n) is 1.74. The predicted octanol–water partition coefficient (Wildman–Crippen LogP) is 3.49. The maximum absolute atomic E-state index is 5.39. The largest absolute Gasteiger partial charge is 0.285 e. The molecule has 0 aliphatic rings. The number of nitrogens with zero attached hydrogens (tertiary/aromatic N) is 1. The fraction of sp³-hybridized carbons (Fsp3) is 0.167. The summed E-state index contributed by atoms with van der Waals surface area (Å²) in [6.45, 7) is 0. The van der Waals surface area contributed by atoms with E-state index in [1.165, 1.54) is 17.6 Å². The number of alkyl halides is 3. The molecule has 0 N–H and O–H groups in total. The van der Waals surface area contributed by atoms with Gasteiger partial charge in [-0.3, -0.25) is 0 Å². The maximum Gasteiger partial charge on any atom is 0.285 e. The Bertz CT molecular complexity index is 237. The quantitative estimate of drug-likeness (QED) is 0.396. The van der Waals surface area contributed by atoms with Crippen molar-refractivity contribution in [2.24, 2.45) is 4.99 Å². The topological polar surface area (TPSA) is 12.4 Å². The van der Waals surface area contributed by atoms with Crippen LogP contribution in [-0.4, -0.2) is 10.1 Å². The zero-order valence-corrected chi connectivity index (χ0v) is 8.38. The minimum Gasteiger partial charge on any atom is -0.239 e. The van der Waals surface area contributed by atoms with Crippen LogP contribution in [-0.2, 0) is 0 Å². The van der Waals surface area contributed by atoms with Crippen molar-refractivity contribution in [3.63, 3.8) is 0 Å². The normalized spacial score (nSPS) is 12.6. The van der Waals surface area contributed by atoms with E-state index in [4.69, 9.17) is 34.8 Å².